The zero-order valence-corrected chi connectivity index (χ0v) is 17.2. The largest absolute Gasteiger partial charge is 0.423 e. The Kier molecular flexibility index (Phi) is 6.64. The van der Waals surface area contributed by atoms with Gasteiger partial charge in [-0.15, -0.1) is 0 Å². The fraction of sp³-hybridized carbons (Fsp3) is 0.130. The summed E-state index contributed by atoms with van der Waals surface area (Å²) in [7, 11) is -3.57. The molecule has 3 rings (SSSR count). The van der Waals surface area contributed by atoms with Gasteiger partial charge in [0.2, 0.25) is 0 Å². The van der Waals surface area contributed by atoms with Gasteiger partial charge in [0.05, 0.1) is 16.2 Å². The molecule has 30 heavy (non-hydrogen) atoms. The van der Waals surface area contributed by atoms with Crippen molar-refractivity contribution in [2.45, 2.75) is 18.2 Å². The predicted molar refractivity (Wildman–Crippen MR) is 115 cm³/mol. The molecule has 0 radical (unpaired) electrons. The first-order valence-electron chi connectivity index (χ1n) is 9.41. The van der Waals surface area contributed by atoms with Gasteiger partial charge >= 0.3 is 5.97 Å². The van der Waals surface area contributed by atoms with Crippen LogP contribution in [0.3, 0.4) is 0 Å². The van der Waals surface area contributed by atoms with Gasteiger partial charge in [0.1, 0.15) is 5.75 Å². The molecule has 3 aromatic carbocycles. The highest BCUT2D eigenvalue weighted by molar-refractivity contribution is 7.91. The molecule has 6 nitrogen and oxygen atoms in total. The number of ether oxygens (including phenoxy) is 1. The van der Waals surface area contributed by atoms with Crippen molar-refractivity contribution in [3.8, 4) is 5.75 Å². The molecule has 0 aliphatic carbocycles. The number of hydrogen-bond donors (Lipinski definition) is 1. The number of rotatable bonds is 7. The molecule has 154 valence electrons. The first kappa shape index (κ1) is 21.3. The van der Waals surface area contributed by atoms with Crippen LogP contribution in [0.4, 0.5) is 5.69 Å². The summed E-state index contributed by atoms with van der Waals surface area (Å²) in [4.78, 5) is 24.7. The van der Waals surface area contributed by atoms with Gasteiger partial charge in [-0.25, -0.2) is 13.2 Å². The summed E-state index contributed by atoms with van der Waals surface area (Å²) in [5.41, 5.74) is 1.06. The quantitative estimate of drug-likeness (QED) is 0.451. The van der Waals surface area contributed by atoms with E-state index in [9.17, 15) is 18.0 Å². The number of carbonyl (C=O) groups excluding carboxylic acids is 2. The highest BCUT2D eigenvalue weighted by Gasteiger charge is 2.22. The highest BCUT2D eigenvalue weighted by Crippen LogP contribution is 2.22. The number of hydrogen-bond acceptors (Lipinski definition) is 5. The van der Waals surface area contributed by atoms with E-state index in [1.54, 1.807) is 55.5 Å². The summed E-state index contributed by atoms with van der Waals surface area (Å²) < 4.78 is 30.2. The van der Waals surface area contributed by atoms with Crippen molar-refractivity contribution in [1.82, 2.24) is 0 Å². The van der Waals surface area contributed by atoms with Crippen molar-refractivity contribution in [3.05, 3.63) is 90.0 Å². The average molecular weight is 423 g/mol. The Balaban J connectivity index is 1.72. The van der Waals surface area contributed by atoms with Gasteiger partial charge in [-0.1, -0.05) is 37.3 Å². The van der Waals surface area contributed by atoms with Crippen molar-refractivity contribution in [3.63, 3.8) is 0 Å². The number of carbonyl (C=O) groups is 2. The lowest BCUT2D eigenvalue weighted by molar-refractivity contribution is 0.0730. The third kappa shape index (κ3) is 5.12. The van der Waals surface area contributed by atoms with Crippen LogP contribution in [0.5, 0.6) is 5.75 Å². The average Bonchev–Trinajstić information content (AvgIpc) is 2.75. The minimum absolute atomic E-state index is 0.00703. The molecule has 0 saturated carbocycles. The first-order valence-corrected chi connectivity index (χ1v) is 11.1. The van der Waals surface area contributed by atoms with Crippen molar-refractivity contribution in [2.24, 2.45) is 0 Å². The van der Waals surface area contributed by atoms with Crippen LogP contribution < -0.4 is 10.1 Å². The maximum absolute atomic E-state index is 12.6. The third-order valence-corrected chi connectivity index (χ3v) is 6.25. The molecular formula is C23H21NO5S. The molecule has 0 aromatic heterocycles. The molecule has 7 heteroatoms. The van der Waals surface area contributed by atoms with Gasteiger partial charge in [0.15, 0.2) is 9.84 Å². The highest BCUT2D eigenvalue weighted by atomic mass is 32.2. The molecule has 0 unspecified atom stereocenters. The van der Waals surface area contributed by atoms with Crippen LogP contribution in [0.25, 0.3) is 0 Å². The molecule has 0 heterocycles. The second kappa shape index (κ2) is 9.37. The summed E-state index contributed by atoms with van der Waals surface area (Å²) in [6, 6.07) is 21.0. The monoisotopic (exact) mass is 423 g/mol. The maximum atomic E-state index is 12.6. The summed E-state index contributed by atoms with van der Waals surface area (Å²) in [6.45, 7) is 1.76. The smallest absolute Gasteiger partial charge is 0.344 e. The normalized spacial score (nSPS) is 11.0. The Morgan fingerprint density at radius 3 is 2.17 bits per heavy atom. The van der Waals surface area contributed by atoms with E-state index >= 15 is 0 Å². The molecule has 0 saturated heterocycles. The second-order valence-corrected chi connectivity index (χ2v) is 8.63. The van der Waals surface area contributed by atoms with E-state index in [2.05, 4.69) is 5.32 Å². The minimum atomic E-state index is -3.57. The van der Waals surface area contributed by atoms with Crippen LogP contribution in [0.1, 0.15) is 34.1 Å². The van der Waals surface area contributed by atoms with Crippen molar-refractivity contribution in [1.29, 1.82) is 0 Å². The van der Waals surface area contributed by atoms with Gasteiger partial charge in [-0.2, -0.15) is 0 Å². The summed E-state index contributed by atoms with van der Waals surface area (Å²) in [5.74, 6) is -0.824. The van der Waals surface area contributed by atoms with Crippen molar-refractivity contribution in [2.75, 3.05) is 11.1 Å². The van der Waals surface area contributed by atoms with Gasteiger partial charge in [-0.05, 0) is 55.0 Å². The van der Waals surface area contributed by atoms with E-state index in [0.29, 0.717) is 17.7 Å². The fourth-order valence-corrected chi connectivity index (χ4v) is 4.38. The Bertz CT molecular complexity index is 1140. The SMILES string of the molecule is CCCS(=O)(=O)c1ccccc1C(=O)Oc1ccc(NC(=O)c2ccccc2)cc1. The van der Waals surface area contributed by atoms with Gasteiger partial charge in [0, 0.05) is 11.3 Å². The number of anilines is 1. The zero-order chi connectivity index (χ0) is 21.6. The van der Waals surface area contributed by atoms with Gasteiger partial charge in [0.25, 0.3) is 5.91 Å². The number of nitrogens with one attached hydrogen (secondary N) is 1. The lowest BCUT2D eigenvalue weighted by Gasteiger charge is -2.10. The van der Waals surface area contributed by atoms with Crippen LogP contribution >= 0.6 is 0 Å². The maximum Gasteiger partial charge on any atom is 0.344 e. The van der Waals surface area contributed by atoms with E-state index < -0.39 is 15.8 Å². The molecule has 0 spiro atoms. The van der Waals surface area contributed by atoms with E-state index in [0.717, 1.165) is 0 Å². The lowest BCUT2D eigenvalue weighted by atomic mass is 10.2. The van der Waals surface area contributed by atoms with Crippen molar-refractivity contribution < 1.29 is 22.7 Å². The Labute approximate surface area is 175 Å². The third-order valence-electron chi connectivity index (χ3n) is 4.27. The van der Waals surface area contributed by atoms with E-state index in [4.69, 9.17) is 4.74 Å². The van der Waals surface area contributed by atoms with Crippen LogP contribution in [0, 0.1) is 0 Å². The topological polar surface area (TPSA) is 89.5 Å². The standard InChI is InChI=1S/C23H21NO5S/c1-2-16-30(27,28)21-11-7-6-10-20(21)23(26)29-19-14-12-18(13-15-19)24-22(25)17-8-4-3-5-9-17/h3-15H,2,16H2,1H3,(H,24,25). The van der Waals surface area contributed by atoms with Crippen LogP contribution in [-0.4, -0.2) is 26.0 Å². The Morgan fingerprint density at radius 2 is 1.50 bits per heavy atom. The summed E-state index contributed by atoms with van der Waals surface area (Å²) >= 11 is 0. The lowest BCUT2D eigenvalue weighted by Crippen LogP contribution is -2.16. The number of benzene rings is 3. The molecule has 0 atom stereocenters. The van der Waals surface area contributed by atoms with E-state index in [1.807, 2.05) is 6.07 Å². The summed E-state index contributed by atoms with van der Waals surface area (Å²) in [6.07, 6.45) is 0.446. The molecule has 0 aliphatic heterocycles. The molecule has 3 aromatic rings. The first-order chi connectivity index (χ1) is 14.4. The molecule has 0 fully saturated rings. The molecule has 0 aliphatic rings. The number of sulfone groups is 1. The Morgan fingerprint density at radius 1 is 0.867 bits per heavy atom. The zero-order valence-electron chi connectivity index (χ0n) is 16.4. The molecule has 0 bridgehead atoms. The van der Waals surface area contributed by atoms with Crippen LogP contribution in [0.15, 0.2) is 83.8 Å². The van der Waals surface area contributed by atoms with Crippen LogP contribution in [0.2, 0.25) is 0 Å². The van der Waals surface area contributed by atoms with Crippen LogP contribution in [-0.2, 0) is 9.84 Å². The van der Waals surface area contributed by atoms with Crippen molar-refractivity contribution >= 4 is 27.4 Å². The minimum Gasteiger partial charge on any atom is -0.423 e. The molecular weight excluding hydrogens is 402 g/mol. The molecule has 1 N–H and O–H groups in total. The van der Waals surface area contributed by atoms with E-state index in [-0.39, 0.29) is 27.9 Å². The van der Waals surface area contributed by atoms with E-state index in [1.165, 1.54) is 24.3 Å². The van der Waals surface area contributed by atoms with Gasteiger partial charge < -0.3 is 10.1 Å². The molecule has 1 amide bonds. The fourth-order valence-electron chi connectivity index (χ4n) is 2.85. The summed E-state index contributed by atoms with van der Waals surface area (Å²) in [5, 5.41) is 2.75. The number of esters is 1. The second-order valence-electron chi connectivity index (χ2n) is 6.55. The van der Waals surface area contributed by atoms with Gasteiger partial charge in [-0.3, -0.25) is 4.79 Å². The Hall–Kier alpha value is -3.45. The number of amides is 1. The predicted octanol–water partition coefficient (Wildman–Crippen LogP) is 4.34.